The van der Waals surface area contributed by atoms with Gasteiger partial charge in [0.25, 0.3) is 0 Å². The number of rotatable bonds is 2. The van der Waals surface area contributed by atoms with Gasteiger partial charge in [-0.25, -0.2) is 4.68 Å². The average molecular weight is 215 g/mol. The Morgan fingerprint density at radius 2 is 1.75 bits per heavy atom. The van der Waals surface area contributed by atoms with Crippen LogP contribution in [0.1, 0.15) is 22.5 Å². The summed E-state index contributed by atoms with van der Waals surface area (Å²) in [6.45, 7) is 6.80. The van der Waals surface area contributed by atoms with Crippen LogP contribution >= 0.6 is 0 Å². The van der Waals surface area contributed by atoms with Crippen LogP contribution in [0.2, 0.25) is 0 Å². The molecule has 2 N–H and O–H groups in total. The lowest BCUT2D eigenvalue weighted by Crippen LogP contribution is -2.01. The third kappa shape index (κ3) is 1.74. The second-order valence-corrected chi connectivity index (χ2v) is 4.08. The first kappa shape index (κ1) is 10.9. The highest BCUT2D eigenvalue weighted by Gasteiger charge is 2.08. The maximum Gasteiger partial charge on any atom is 0.0649 e. The molecule has 0 amide bonds. The molecule has 3 heteroatoms. The van der Waals surface area contributed by atoms with E-state index in [2.05, 4.69) is 31.1 Å². The van der Waals surface area contributed by atoms with Gasteiger partial charge in [-0.3, -0.25) is 0 Å². The fraction of sp³-hybridized carbons (Fsp3) is 0.308. The van der Waals surface area contributed by atoms with E-state index in [0.29, 0.717) is 6.54 Å². The van der Waals surface area contributed by atoms with Crippen LogP contribution in [0.15, 0.2) is 24.3 Å². The Kier molecular flexibility index (Phi) is 2.79. The van der Waals surface area contributed by atoms with Gasteiger partial charge in [-0.1, -0.05) is 12.1 Å². The Morgan fingerprint density at radius 1 is 1.12 bits per heavy atom. The highest BCUT2D eigenvalue weighted by molar-refractivity contribution is 5.38. The van der Waals surface area contributed by atoms with Crippen molar-refractivity contribution in [2.75, 3.05) is 0 Å². The minimum Gasteiger partial charge on any atom is -0.326 e. The zero-order chi connectivity index (χ0) is 11.7. The standard InChI is InChI=1S/C13H17N3/c1-9-10(2)15-16(11(9)3)13-6-4-12(8-14)5-7-13/h4-7H,8,14H2,1-3H3. The van der Waals surface area contributed by atoms with Crippen LogP contribution in [0.4, 0.5) is 0 Å². The van der Waals surface area contributed by atoms with Gasteiger partial charge in [0.15, 0.2) is 0 Å². The lowest BCUT2D eigenvalue weighted by molar-refractivity contribution is 0.832. The molecule has 2 rings (SSSR count). The number of nitrogens with zero attached hydrogens (tertiary/aromatic N) is 2. The summed E-state index contributed by atoms with van der Waals surface area (Å²) in [5.74, 6) is 0. The maximum atomic E-state index is 5.57. The molecule has 0 fully saturated rings. The van der Waals surface area contributed by atoms with Crippen molar-refractivity contribution < 1.29 is 0 Å². The average Bonchev–Trinajstić information content (AvgIpc) is 2.57. The molecule has 0 aliphatic carbocycles. The van der Waals surface area contributed by atoms with Gasteiger partial charge in [0.05, 0.1) is 11.4 Å². The van der Waals surface area contributed by atoms with Crippen molar-refractivity contribution in [2.24, 2.45) is 5.73 Å². The molecule has 0 saturated carbocycles. The molecular formula is C13H17N3. The summed E-state index contributed by atoms with van der Waals surface area (Å²) < 4.78 is 1.98. The number of aromatic nitrogens is 2. The van der Waals surface area contributed by atoms with E-state index in [1.807, 2.05) is 23.7 Å². The first-order valence-corrected chi connectivity index (χ1v) is 5.45. The molecule has 0 aliphatic heterocycles. The van der Waals surface area contributed by atoms with Crippen LogP contribution in [-0.4, -0.2) is 9.78 Å². The highest BCUT2D eigenvalue weighted by Crippen LogP contribution is 2.17. The second-order valence-electron chi connectivity index (χ2n) is 4.08. The van der Waals surface area contributed by atoms with E-state index in [-0.39, 0.29) is 0 Å². The number of hydrogen-bond acceptors (Lipinski definition) is 2. The van der Waals surface area contributed by atoms with E-state index in [4.69, 9.17) is 5.73 Å². The first-order valence-electron chi connectivity index (χ1n) is 5.45. The van der Waals surface area contributed by atoms with Gasteiger partial charge in [-0.2, -0.15) is 5.10 Å². The van der Waals surface area contributed by atoms with Crippen molar-refractivity contribution in [1.82, 2.24) is 9.78 Å². The predicted molar refractivity (Wildman–Crippen MR) is 65.7 cm³/mol. The van der Waals surface area contributed by atoms with E-state index in [0.717, 1.165) is 16.9 Å². The van der Waals surface area contributed by atoms with Crippen molar-refractivity contribution in [3.8, 4) is 5.69 Å². The lowest BCUT2D eigenvalue weighted by atomic mass is 10.2. The Labute approximate surface area is 95.9 Å². The van der Waals surface area contributed by atoms with Gasteiger partial charge in [-0.05, 0) is 44.0 Å². The fourth-order valence-corrected chi connectivity index (χ4v) is 1.75. The van der Waals surface area contributed by atoms with Gasteiger partial charge in [0.1, 0.15) is 0 Å². The van der Waals surface area contributed by atoms with Gasteiger partial charge in [0, 0.05) is 12.2 Å². The lowest BCUT2D eigenvalue weighted by Gasteiger charge is -2.05. The van der Waals surface area contributed by atoms with Crippen LogP contribution < -0.4 is 5.73 Å². The molecule has 1 heterocycles. The van der Waals surface area contributed by atoms with E-state index in [1.165, 1.54) is 11.3 Å². The zero-order valence-electron chi connectivity index (χ0n) is 9.99. The molecule has 3 nitrogen and oxygen atoms in total. The highest BCUT2D eigenvalue weighted by atomic mass is 15.3. The van der Waals surface area contributed by atoms with Gasteiger partial charge < -0.3 is 5.73 Å². The minimum absolute atomic E-state index is 0.580. The smallest absolute Gasteiger partial charge is 0.0649 e. The quantitative estimate of drug-likeness (QED) is 0.835. The Hall–Kier alpha value is -1.61. The molecule has 0 radical (unpaired) electrons. The van der Waals surface area contributed by atoms with Crippen molar-refractivity contribution in [2.45, 2.75) is 27.3 Å². The summed E-state index contributed by atoms with van der Waals surface area (Å²) in [7, 11) is 0. The molecule has 2 aromatic rings. The summed E-state index contributed by atoms with van der Waals surface area (Å²) in [6.07, 6.45) is 0. The van der Waals surface area contributed by atoms with Crippen molar-refractivity contribution >= 4 is 0 Å². The van der Waals surface area contributed by atoms with Crippen LogP contribution in [0.3, 0.4) is 0 Å². The molecule has 0 atom stereocenters. The molecule has 0 aliphatic rings. The largest absolute Gasteiger partial charge is 0.326 e. The van der Waals surface area contributed by atoms with Crippen molar-refractivity contribution in [3.05, 3.63) is 46.8 Å². The molecule has 0 saturated heterocycles. The number of nitrogens with two attached hydrogens (primary N) is 1. The summed E-state index contributed by atoms with van der Waals surface area (Å²) in [5.41, 5.74) is 11.3. The second kappa shape index (κ2) is 4.10. The topological polar surface area (TPSA) is 43.8 Å². The Bertz CT molecular complexity index is 495. The SMILES string of the molecule is Cc1nn(-c2ccc(CN)cc2)c(C)c1C. The molecule has 1 aromatic carbocycles. The maximum absolute atomic E-state index is 5.57. The molecule has 84 valence electrons. The minimum atomic E-state index is 0.580. The third-order valence-electron chi connectivity index (χ3n) is 3.07. The molecule has 0 bridgehead atoms. The van der Waals surface area contributed by atoms with Crippen molar-refractivity contribution in [3.63, 3.8) is 0 Å². The van der Waals surface area contributed by atoms with E-state index in [1.54, 1.807) is 0 Å². The number of benzene rings is 1. The monoisotopic (exact) mass is 215 g/mol. The molecular weight excluding hydrogens is 198 g/mol. The normalized spacial score (nSPS) is 10.8. The summed E-state index contributed by atoms with van der Waals surface area (Å²) in [4.78, 5) is 0. The van der Waals surface area contributed by atoms with Gasteiger partial charge in [-0.15, -0.1) is 0 Å². The van der Waals surface area contributed by atoms with Gasteiger partial charge >= 0.3 is 0 Å². The summed E-state index contributed by atoms with van der Waals surface area (Å²) in [6, 6.07) is 8.20. The van der Waals surface area contributed by atoms with E-state index < -0.39 is 0 Å². The summed E-state index contributed by atoms with van der Waals surface area (Å²) in [5, 5.41) is 4.52. The van der Waals surface area contributed by atoms with Crippen LogP contribution in [0.25, 0.3) is 5.69 Å². The van der Waals surface area contributed by atoms with Gasteiger partial charge in [0.2, 0.25) is 0 Å². The molecule has 1 aromatic heterocycles. The van der Waals surface area contributed by atoms with Crippen LogP contribution in [0, 0.1) is 20.8 Å². The Balaban J connectivity index is 2.46. The van der Waals surface area contributed by atoms with Crippen LogP contribution in [0.5, 0.6) is 0 Å². The van der Waals surface area contributed by atoms with E-state index in [9.17, 15) is 0 Å². The van der Waals surface area contributed by atoms with Crippen LogP contribution in [-0.2, 0) is 6.54 Å². The summed E-state index contributed by atoms with van der Waals surface area (Å²) >= 11 is 0. The van der Waals surface area contributed by atoms with E-state index >= 15 is 0 Å². The molecule has 16 heavy (non-hydrogen) atoms. The first-order chi connectivity index (χ1) is 7.63. The third-order valence-corrected chi connectivity index (χ3v) is 3.07. The number of hydrogen-bond donors (Lipinski definition) is 1. The van der Waals surface area contributed by atoms with Crippen molar-refractivity contribution in [1.29, 1.82) is 0 Å². The molecule has 0 unspecified atom stereocenters. The Morgan fingerprint density at radius 3 is 2.19 bits per heavy atom. The fourth-order valence-electron chi connectivity index (χ4n) is 1.75. The number of aryl methyl sites for hydroxylation is 1. The predicted octanol–water partition coefficient (Wildman–Crippen LogP) is 2.26. The molecule has 0 spiro atoms. The zero-order valence-corrected chi connectivity index (χ0v) is 9.99.